The SMILES string of the molecule is CC(C)CNC(=O)NC(=O)C(C)N1C[C@@H](N)[C@H](c2ccccc2)C1.Cl. The number of benzene rings is 1. The van der Waals surface area contributed by atoms with Crippen LogP contribution in [0.5, 0.6) is 0 Å². The third kappa shape index (κ3) is 5.99. The molecule has 1 saturated heterocycles. The van der Waals surface area contributed by atoms with Gasteiger partial charge in [0.1, 0.15) is 0 Å². The van der Waals surface area contributed by atoms with Crippen molar-refractivity contribution in [3.8, 4) is 0 Å². The van der Waals surface area contributed by atoms with Gasteiger partial charge in [-0.1, -0.05) is 44.2 Å². The van der Waals surface area contributed by atoms with Gasteiger partial charge in [-0.05, 0) is 18.4 Å². The molecule has 1 fully saturated rings. The lowest BCUT2D eigenvalue weighted by atomic mass is 9.95. The number of nitrogens with two attached hydrogens (primary N) is 1. The number of imide groups is 1. The third-order valence-corrected chi connectivity index (χ3v) is 4.46. The van der Waals surface area contributed by atoms with E-state index in [0.717, 1.165) is 0 Å². The highest BCUT2D eigenvalue weighted by Gasteiger charge is 2.35. The number of hydrogen-bond donors (Lipinski definition) is 3. The van der Waals surface area contributed by atoms with E-state index in [1.54, 1.807) is 0 Å². The van der Waals surface area contributed by atoms with E-state index in [0.29, 0.717) is 25.6 Å². The molecule has 1 aliphatic rings. The monoisotopic (exact) mass is 368 g/mol. The Labute approximate surface area is 155 Å². The molecular formula is C18H29ClN4O2. The first-order valence-corrected chi connectivity index (χ1v) is 8.51. The predicted molar refractivity (Wildman–Crippen MR) is 102 cm³/mol. The van der Waals surface area contributed by atoms with E-state index in [-0.39, 0.29) is 30.3 Å². The number of nitrogens with zero attached hydrogens (tertiary/aromatic N) is 1. The maximum Gasteiger partial charge on any atom is 0.321 e. The highest BCUT2D eigenvalue weighted by atomic mass is 35.5. The lowest BCUT2D eigenvalue weighted by molar-refractivity contribution is -0.124. The summed E-state index contributed by atoms with van der Waals surface area (Å²) in [6, 6.07) is 9.26. The summed E-state index contributed by atoms with van der Waals surface area (Å²) in [5, 5.41) is 5.10. The van der Waals surface area contributed by atoms with Crippen LogP contribution in [0, 0.1) is 5.92 Å². The molecule has 6 nitrogen and oxygen atoms in total. The smallest absolute Gasteiger partial charge is 0.321 e. The van der Waals surface area contributed by atoms with Crippen LogP contribution in [-0.4, -0.2) is 48.6 Å². The molecule has 1 aromatic carbocycles. The molecule has 3 amide bonds. The molecule has 0 radical (unpaired) electrons. The number of hydrogen-bond acceptors (Lipinski definition) is 4. The van der Waals surface area contributed by atoms with Gasteiger partial charge in [0.15, 0.2) is 0 Å². The Hall–Kier alpha value is -1.63. The van der Waals surface area contributed by atoms with Crippen molar-refractivity contribution in [2.24, 2.45) is 11.7 Å². The van der Waals surface area contributed by atoms with Crippen LogP contribution in [0.15, 0.2) is 30.3 Å². The van der Waals surface area contributed by atoms with E-state index in [1.807, 2.05) is 43.9 Å². The summed E-state index contributed by atoms with van der Waals surface area (Å²) in [6.45, 7) is 7.71. The number of likely N-dealkylation sites (tertiary alicyclic amines) is 1. The van der Waals surface area contributed by atoms with Crippen molar-refractivity contribution >= 4 is 24.3 Å². The quantitative estimate of drug-likeness (QED) is 0.738. The van der Waals surface area contributed by atoms with E-state index in [9.17, 15) is 9.59 Å². The first-order chi connectivity index (χ1) is 11.4. The zero-order valence-electron chi connectivity index (χ0n) is 15.1. The van der Waals surface area contributed by atoms with Crippen molar-refractivity contribution in [3.63, 3.8) is 0 Å². The fourth-order valence-electron chi connectivity index (χ4n) is 2.95. The van der Waals surface area contributed by atoms with Gasteiger partial charge in [-0.15, -0.1) is 12.4 Å². The molecule has 1 unspecified atom stereocenters. The number of halogens is 1. The molecule has 0 saturated carbocycles. The molecule has 0 aliphatic carbocycles. The average Bonchev–Trinajstić information content (AvgIpc) is 2.94. The minimum atomic E-state index is -0.441. The summed E-state index contributed by atoms with van der Waals surface area (Å²) in [7, 11) is 0. The van der Waals surface area contributed by atoms with Crippen LogP contribution in [0.25, 0.3) is 0 Å². The maximum atomic E-state index is 12.3. The summed E-state index contributed by atoms with van der Waals surface area (Å²) in [6.07, 6.45) is 0. The van der Waals surface area contributed by atoms with Crippen LogP contribution in [0.3, 0.4) is 0 Å². The van der Waals surface area contributed by atoms with Gasteiger partial charge in [-0.2, -0.15) is 0 Å². The standard InChI is InChI=1S/C18H28N4O2.ClH/c1-12(2)9-20-18(24)21-17(23)13(3)22-10-15(16(19)11-22)14-7-5-4-6-8-14;/h4-8,12-13,15-16H,9-11,19H2,1-3H3,(H2,20,21,23,24);1H/t13?,15-,16+;/m0./s1. The van der Waals surface area contributed by atoms with Crippen molar-refractivity contribution in [1.29, 1.82) is 0 Å². The molecule has 0 aromatic heterocycles. The molecule has 140 valence electrons. The largest absolute Gasteiger partial charge is 0.338 e. The Balaban J connectivity index is 0.00000312. The van der Waals surface area contributed by atoms with Crippen LogP contribution < -0.4 is 16.4 Å². The fourth-order valence-corrected chi connectivity index (χ4v) is 2.95. The van der Waals surface area contributed by atoms with Crippen molar-refractivity contribution in [1.82, 2.24) is 15.5 Å². The summed E-state index contributed by atoms with van der Waals surface area (Å²) in [5.74, 6) is 0.250. The summed E-state index contributed by atoms with van der Waals surface area (Å²) in [4.78, 5) is 26.1. The number of amides is 3. The van der Waals surface area contributed by atoms with E-state index in [4.69, 9.17) is 5.73 Å². The Bertz CT molecular complexity index is 567. The fraction of sp³-hybridized carbons (Fsp3) is 0.556. The third-order valence-electron chi connectivity index (χ3n) is 4.46. The van der Waals surface area contributed by atoms with Gasteiger partial charge < -0.3 is 11.1 Å². The van der Waals surface area contributed by atoms with Crippen molar-refractivity contribution in [2.75, 3.05) is 19.6 Å². The summed E-state index contributed by atoms with van der Waals surface area (Å²) in [5.41, 5.74) is 7.46. The molecular weight excluding hydrogens is 340 g/mol. The zero-order chi connectivity index (χ0) is 17.7. The van der Waals surface area contributed by atoms with E-state index in [1.165, 1.54) is 5.56 Å². The maximum absolute atomic E-state index is 12.3. The lowest BCUT2D eigenvalue weighted by Gasteiger charge is -2.23. The van der Waals surface area contributed by atoms with Crippen molar-refractivity contribution in [2.45, 2.75) is 38.8 Å². The van der Waals surface area contributed by atoms with Crippen LogP contribution in [-0.2, 0) is 4.79 Å². The molecule has 3 atom stereocenters. The molecule has 0 spiro atoms. The van der Waals surface area contributed by atoms with Gasteiger partial charge in [0.25, 0.3) is 0 Å². The second kappa shape index (κ2) is 9.75. The number of carbonyl (C=O) groups is 2. The highest BCUT2D eigenvalue weighted by molar-refractivity contribution is 5.96. The summed E-state index contributed by atoms with van der Waals surface area (Å²) < 4.78 is 0. The Morgan fingerprint density at radius 2 is 1.84 bits per heavy atom. The number of carbonyl (C=O) groups excluding carboxylic acids is 2. The van der Waals surface area contributed by atoms with Gasteiger partial charge in [0.2, 0.25) is 5.91 Å². The first kappa shape index (κ1) is 21.4. The van der Waals surface area contributed by atoms with E-state index in [2.05, 4.69) is 22.8 Å². The summed E-state index contributed by atoms with van der Waals surface area (Å²) >= 11 is 0. The minimum absolute atomic E-state index is 0. The number of nitrogens with one attached hydrogen (secondary N) is 2. The topological polar surface area (TPSA) is 87.5 Å². The molecule has 7 heteroatoms. The zero-order valence-corrected chi connectivity index (χ0v) is 15.9. The second-order valence-corrected chi connectivity index (χ2v) is 6.90. The average molecular weight is 369 g/mol. The highest BCUT2D eigenvalue weighted by Crippen LogP contribution is 2.27. The molecule has 25 heavy (non-hydrogen) atoms. The van der Waals surface area contributed by atoms with Crippen LogP contribution in [0.2, 0.25) is 0 Å². The molecule has 1 heterocycles. The number of urea groups is 1. The van der Waals surface area contributed by atoms with Crippen LogP contribution >= 0.6 is 12.4 Å². The Kier molecular flexibility index (Phi) is 8.35. The molecule has 1 aromatic rings. The second-order valence-electron chi connectivity index (χ2n) is 6.90. The van der Waals surface area contributed by atoms with Gasteiger partial charge in [-0.3, -0.25) is 15.0 Å². The minimum Gasteiger partial charge on any atom is -0.338 e. The first-order valence-electron chi connectivity index (χ1n) is 8.51. The van der Waals surface area contributed by atoms with Crippen LogP contribution in [0.4, 0.5) is 4.79 Å². The molecule has 1 aliphatic heterocycles. The molecule has 2 rings (SSSR count). The van der Waals surface area contributed by atoms with Crippen molar-refractivity contribution < 1.29 is 9.59 Å². The molecule has 0 bridgehead atoms. The van der Waals surface area contributed by atoms with E-state index >= 15 is 0 Å². The normalized spacial score (nSPS) is 21.5. The van der Waals surface area contributed by atoms with Gasteiger partial charge in [-0.25, -0.2) is 4.79 Å². The van der Waals surface area contributed by atoms with Crippen LogP contribution in [0.1, 0.15) is 32.3 Å². The van der Waals surface area contributed by atoms with E-state index < -0.39 is 12.1 Å². The van der Waals surface area contributed by atoms with Gasteiger partial charge in [0.05, 0.1) is 6.04 Å². The van der Waals surface area contributed by atoms with Crippen molar-refractivity contribution in [3.05, 3.63) is 35.9 Å². The number of rotatable bonds is 5. The van der Waals surface area contributed by atoms with Gasteiger partial charge >= 0.3 is 6.03 Å². The predicted octanol–water partition coefficient (Wildman–Crippen LogP) is 1.71. The van der Waals surface area contributed by atoms with Gasteiger partial charge in [0, 0.05) is 31.6 Å². The lowest BCUT2D eigenvalue weighted by Crippen LogP contribution is -2.49. The Morgan fingerprint density at radius 1 is 1.20 bits per heavy atom. The molecule has 4 N–H and O–H groups in total. The Morgan fingerprint density at radius 3 is 2.44 bits per heavy atom.